The van der Waals surface area contributed by atoms with Gasteiger partial charge in [-0.1, -0.05) is 24.3 Å². The third-order valence-electron chi connectivity index (χ3n) is 6.57. The summed E-state index contributed by atoms with van der Waals surface area (Å²) in [5.41, 5.74) is 6.05. The Balaban J connectivity index is 1.58. The van der Waals surface area contributed by atoms with Gasteiger partial charge in [0.25, 0.3) is 5.91 Å². The summed E-state index contributed by atoms with van der Waals surface area (Å²) >= 11 is 0. The van der Waals surface area contributed by atoms with Crippen LogP contribution in [-0.2, 0) is 4.79 Å². The van der Waals surface area contributed by atoms with Gasteiger partial charge in [0.1, 0.15) is 0 Å². The number of nitrogens with zero attached hydrogens (tertiary/aromatic N) is 2. The van der Waals surface area contributed by atoms with Crippen molar-refractivity contribution in [1.82, 2.24) is 4.98 Å². The van der Waals surface area contributed by atoms with Gasteiger partial charge >= 0.3 is 0 Å². The zero-order chi connectivity index (χ0) is 23.8. The van der Waals surface area contributed by atoms with E-state index in [4.69, 9.17) is 0 Å². The monoisotopic (exact) mass is 452 g/mol. The van der Waals surface area contributed by atoms with Crippen molar-refractivity contribution in [3.63, 3.8) is 0 Å². The van der Waals surface area contributed by atoms with Crippen molar-refractivity contribution in [2.45, 2.75) is 26.3 Å². The van der Waals surface area contributed by atoms with Crippen LogP contribution in [0.25, 0.3) is 22.0 Å². The molecule has 1 aliphatic rings. The van der Waals surface area contributed by atoms with Crippen molar-refractivity contribution in [2.75, 3.05) is 28.7 Å². The molecule has 2 N–H and O–H groups in total. The van der Waals surface area contributed by atoms with Gasteiger partial charge in [-0.2, -0.15) is 0 Å². The number of fused-ring (bicyclic) bond motifs is 2. The zero-order valence-electron chi connectivity index (χ0n) is 19.6. The first-order valence-corrected chi connectivity index (χ1v) is 11.6. The summed E-state index contributed by atoms with van der Waals surface area (Å²) < 4.78 is 0. The molecule has 0 saturated carbocycles. The molecule has 0 saturated heterocycles. The maximum atomic E-state index is 13.7. The van der Waals surface area contributed by atoms with Gasteiger partial charge in [-0.05, 0) is 66.8 Å². The van der Waals surface area contributed by atoms with Gasteiger partial charge in [0.15, 0.2) is 0 Å². The van der Waals surface area contributed by atoms with Crippen molar-refractivity contribution >= 4 is 39.8 Å². The summed E-state index contributed by atoms with van der Waals surface area (Å²) in [6, 6.07) is 22.0. The summed E-state index contributed by atoms with van der Waals surface area (Å²) in [4.78, 5) is 32.7. The second-order valence-electron chi connectivity index (χ2n) is 8.90. The van der Waals surface area contributed by atoms with Crippen LogP contribution in [0.15, 0.2) is 72.9 Å². The maximum absolute atomic E-state index is 13.7. The molecule has 0 bridgehead atoms. The molecule has 0 aliphatic carbocycles. The standard InChI is InChI=1S/C28H28N4O2/c1-18-13-15-32(26-7-5-4-6-25(26)30-18)28(34)22-8-10-23(27(17-22)31(3)19(2)33)20-9-11-24-21(16-20)12-14-29-24/h4-12,14,16-18,29-30H,13,15H2,1-3H3. The van der Waals surface area contributed by atoms with Crippen LogP contribution in [0, 0.1) is 0 Å². The molecular formula is C28H28N4O2. The van der Waals surface area contributed by atoms with Crippen molar-refractivity contribution in [1.29, 1.82) is 0 Å². The highest BCUT2D eigenvalue weighted by Gasteiger charge is 2.25. The van der Waals surface area contributed by atoms with Gasteiger partial charge in [-0.15, -0.1) is 0 Å². The largest absolute Gasteiger partial charge is 0.381 e. The number of hydrogen-bond donors (Lipinski definition) is 2. The Bertz CT molecular complexity index is 1390. The first-order chi connectivity index (χ1) is 16.4. The Morgan fingerprint density at radius 1 is 1.03 bits per heavy atom. The van der Waals surface area contributed by atoms with E-state index in [1.807, 2.05) is 71.8 Å². The molecule has 1 atom stereocenters. The van der Waals surface area contributed by atoms with Gasteiger partial charge in [-0.25, -0.2) is 0 Å². The number of aromatic nitrogens is 1. The number of aromatic amines is 1. The number of hydrogen-bond acceptors (Lipinski definition) is 3. The highest BCUT2D eigenvalue weighted by molar-refractivity contribution is 6.10. The lowest BCUT2D eigenvalue weighted by atomic mass is 9.99. The number of benzene rings is 3. The third kappa shape index (κ3) is 3.92. The van der Waals surface area contributed by atoms with E-state index in [-0.39, 0.29) is 17.9 Å². The molecule has 0 radical (unpaired) electrons. The van der Waals surface area contributed by atoms with Crippen LogP contribution in [-0.4, -0.2) is 36.4 Å². The minimum Gasteiger partial charge on any atom is -0.381 e. The van der Waals surface area contributed by atoms with Gasteiger partial charge in [0.05, 0.1) is 17.1 Å². The second-order valence-corrected chi connectivity index (χ2v) is 8.90. The highest BCUT2D eigenvalue weighted by atomic mass is 16.2. The summed E-state index contributed by atoms with van der Waals surface area (Å²) in [6.45, 7) is 4.28. The van der Waals surface area contributed by atoms with Crippen LogP contribution < -0.4 is 15.1 Å². The average Bonchev–Trinajstić information content (AvgIpc) is 3.25. The van der Waals surface area contributed by atoms with Gasteiger partial charge in [0, 0.05) is 49.4 Å². The summed E-state index contributed by atoms with van der Waals surface area (Å²) in [5.74, 6) is -0.166. The number of para-hydroxylation sites is 2. The molecule has 2 amide bonds. The lowest BCUT2D eigenvalue weighted by Gasteiger charge is -2.25. The fourth-order valence-corrected chi connectivity index (χ4v) is 4.56. The molecule has 1 aliphatic heterocycles. The van der Waals surface area contributed by atoms with E-state index >= 15 is 0 Å². The van der Waals surface area contributed by atoms with Crippen LogP contribution >= 0.6 is 0 Å². The first-order valence-electron chi connectivity index (χ1n) is 11.6. The first kappa shape index (κ1) is 21.8. The topological polar surface area (TPSA) is 68.4 Å². The van der Waals surface area contributed by atoms with E-state index in [9.17, 15) is 9.59 Å². The molecule has 5 rings (SSSR count). The maximum Gasteiger partial charge on any atom is 0.258 e. The predicted octanol–water partition coefficient (Wildman–Crippen LogP) is 5.67. The van der Waals surface area contributed by atoms with Crippen molar-refractivity contribution in [2.24, 2.45) is 0 Å². The van der Waals surface area contributed by atoms with E-state index in [1.165, 1.54) is 6.92 Å². The number of carbonyl (C=O) groups excluding carboxylic acids is 2. The molecule has 1 aromatic heterocycles. The van der Waals surface area contributed by atoms with Crippen LogP contribution in [0.2, 0.25) is 0 Å². The zero-order valence-corrected chi connectivity index (χ0v) is 19.6. The lowest BCUT2D eigenvalue weighted by molar-refractivity contribution is -0.116. The molecule has 34 heavy (non-hydrogen) atoms. The normalized spacial score (nSPS) is 15.4. The van der Waals surface area contributed by atoms with Crippen molar-refractivity contribution in [3.05, 3.63) is 78.5 Å². The van der Waals surface area contributed by atoms with E-state index in [1.54, 1.807) is 11.9 Å². The summed E-state index contributed by atoms with van der Waals surface area (Å²) in [6.07, 6.45) is 2.75. The number of anilines is 3. The van der Waals surface area contributed by atoms with Crippen molar-refractivity contribution in [3.8, 4) is 11.1 Å². The van der Waals surface area contributed by atoms with Crippen LogP contribution in [0.1, 0.15) is 30.6 Å². The van der Waals surface area contributed by atoms with E-state index in [0.717, 1.165) is 39.8 Å². The molecule has 2 heterocycles. The van der Waals surface area contributed by atoms with E-state index < -0.39 is 0 Å². The van der Waals surface area contributed by atoms with Gasteiger partial charge in [-0.3, -0.25) is 9.59 Å². The SMILES string of the molecule is CC(=O)N(C)c1cc(C(=O)N2CCC(C)Nc3ccccc32)ccc1-c1ccc2[nH]ccc2c1. The van der Waals surface area contributed by atoms with Crippen molar-refractivity contribution < 1.29 is 9.59 Å². The second kappa shape index (κ2) is 8.71. The molecule has 6 nitrogen and oxygen atoms in total. The molecular weight excluding hydrogens is 424 g/mol. The molecule has 1 unspecified atom stereocenters. The Morgan fingerprint density at radius 2 is 1.85 bits per heavy atom. The number of carbonyl (C=O) groups is 2. The quantitative estimate of drug-likeness (QED) is 0.421. The lowest BCUT2D eigenvalue weighted by Crippen LogP contribution is -2.32. The predicted molar refractivity (Wildman–Crippen MR) is 139 cm³/mol. The Hall–Kier alpha value is -4.06. The average molecular weight is 453 g/mol. The minimum atomic E-state index is -0.0910. The number of H-pyrrole nitrogens is 1. The highest BCUT2D eigenvalue weighted by Crippen LogP contribution is 2.35. The minimum absolute atomic E-state index is 0.0748. The molecule has 6 heteroatoms. The molecule has 0 fully saturated rings. The van der Waals surface area contributed by atoms with Crippen LogP contribution in [0.4, 0.5) is 17.1 Å². The van der Waals surface area contributed by atoms with E-state index in [0.29, 0.717) is 17.8 Å². The fraction of sp³-hybridized carbons (Fsp3) is 0.214. The number of nitrogens with one attached hydrogen (secondary N) is 2. The Kier molecular flexibility index (Phi) is 5.57. The molecule has 4 aromatic rings. The number of amides is 2. The van der Waals surface area contributed by atoms with E-state index in [2.05, 4.69) is 23.3 Å². The Labute approximate surface area is 199 Å². The molecule has 172 valence electrons. The summed E-state index contributed by atoms with van der Waals surface area (Å²) in [5, 5.41) is 4.59. The Morgan fingerprint density at radius 3 is 2.68 bits per heavy atom. The fourth-order valence-electron chi connectivity index (χ4n) is 4.56. The molecule has 0 spiro atoms. The van der Waals surface area contributed by atoms with Gasteiger partial charge in [0.2, 0.25) is 5.91 Å². The van der Waals surface area contributed by atoms with Gasteiger partial charge < -0.3 is 20.1 Å². The smallest absolute Gasteiger partial charge is 0.258 e. The van der Waals surface area contributed by atoms with Crippen LogP contribution in [0.5, 0.6) is 0 Å². The summed E-state index contributed by atoms with van der Waals surface area (Å²) in [7, 11) is 1.75. The molecule has 3 aromatic carbocycles. The third-order valence-corrected chi connectivity index (χ3v) is 6.57. The van der Waals surface area contributed by atoms with Crippen LogP contribution in [0.3, 0.4) is 0 Å². The number of rotatable bonds is 3.